The molecule has 2 heterocycles. The third-order valence-electron chi connectivity index (χ3n) is 5.18. The molecular formula is C23H23N3O3S. The highest BCUT2D eigenvalue weighted by Crippen LogP contribution is 2.34. The lowest BCUT2D eigenvalue weighted by molar-refractivity contribution is -0.122. The molecule has 154 valence electrons. The van der Waals surface area contributed by atoms with E-state index in [2.05, 4.69) is 22.0 Å². The highest BCUT2D eigenvalue weighted by molar-refractivity contribution is 8.18. The van der Waals surface area contributed by atoms with Crippen LogP contribution in [0.4, 0.5) is 11.4 Å². The van der Waals surface area contributed by atoms with Gasteiger partial charge < -0.3 is 10.0 Å². The van der Waals surface area contributed by atoms with Gasteiger partial charge in [0.2, 0.25) is 0 Å². The first-order chi connectivity index (χ1) is 14.5. The van der Waals surface area contributed by atoms with Crippen molar-refractivity contribution >= 4 is 46.3 Å². The summed E-state index contributed by atoms with van der Waals surface area (Å²) in [4.78, 5) is 33.2. The molecule has 2 saturated heterocycles. The van der Waals surface area contributed by atoms with Gasteiger partial charge in [0.25, 0.3) is 5.91 Å². The molecule has 0 bridgehead atoms. The van der Waals surface area contributed by atoms with E-state index < -0.39 is 5.97 Å². The van der Waals surface area contributed by atoms with E-state index in [4.69, 9.17) is 0 Å². The Morgan fingerprint density at radius 3 is 2.57 bits per heavy atom. The van der Waals surface area contributed by atoms with Gasteiger partial charge in [0.15, 0.2) is 5.17 Å². The summed E-state index contributed by atoms with van der Waals surface area (Å²) in [7, 11) is 0. The van der Waals surface area contributed by atoms with Crippen LogP contribution in [0.15, 0.2) is 58.4 Å². The summed E-state index contributed by atoms with van der Waals surface area (Å²) < 4.78 is 0. The molecule has 2 fully saturated rings. The molecule has 2 aromatic carbocycles. The van der Waals surface area contributed by atoms with E-state index in [0.29, 0.717) is 22.3 Å². The summed E-state index contributed by atoms with van der Waals surface area (Å²) >= 11 is 1.31. The van der Waals surface area contributed by atoms with Crippen LogP contribution in [0.3, 0.4) is 0 Å². The van der Waals surface area contributed by atoms with Gasteiger partial charge in [-0.05, 0) is 73.5 Å². The fourth-order valence-electron chi connectivity index (χ4n) is 3.60. The Labute approximate surface area is 179 Å². The van der Waals surface area contributed by atoms with Crippen LogP contribution >= 0.6 is 11.8 Å². The monoisotopic (exact) mass is 421 g/mol. The Morgan fingerprint density at radius 2 is 1.90 bits per heavy atom. The second kappa shape index (κ2) is 8.75. The number of hydrogen-bond donors (Lipinski definition) is 1. The smallest absolute Gasteiger partial charge is 0.335 e. The second-order valence-electron chi connectivity index (χ2n) is 7.20. The van der Waals surface area contributed by atoms with E-state index in [1.54, 1.807) is 17.0 Å². The first-order valence-corrected chi connectivity index (χ1v) is 10.9. The molecule has 0 unspecified atom stereocenters. The van der Waals surface area contributed by atoms with E-state index >= 15 is 0 Å². The number of benzene rings is 2. The van der Waals surface area contributed by atoms with Crippen molar-refractivity contribution in [2.24, 2.45) is 4.99 Å². The molecule has 0 radical (unpaired) electrons. The Hall–Kier alpha value is -3.06. The fourth-order valence-corrected chi connectivity index (χ4v) is 4.66. The van der Waals surface area contributed by atoms with E-state index in [1.807, 2.05) is 25.1 Å². The minimum atomic E-state index is -1.00. The van der Waals surface area contributed by atoms with Crippen molar-refractivity contribution in [2.45, 2.75) is 19.8 Å². The molecule has 0 spiro atoms. The van der Waals surface area contributed by atoms with E-state index in [0.717, 1.165) is 18.7 Å². The van der Waals surface area contributed by atoms with Gasteiger partial charge in [-0.2, -0.15) is 0 Å². The Balaban J connectivity index is 1.57. The van der Waals surface area contributed by atoms with Gasteiger partial charge in [0, 0.05) is 25.3 Å². The molecule has 2 aliphatic heterocycles. The Kier molecular flexibility index (Phi) is 5.90. The molecule has 0 aromatic heterocycles. The van der Waals surface area contributed by atoms with Crippen LogP contribution in [0.25, 0.3) is 6.08 Å². The average Bonchev–Trinajstić information content (AvgIpc) is 3.38. The topological polar surface area (TPSA) is 73.2 Å². The maximum Gasteiger partial charge on any atom is 0.335 e. The number of thioether (sulfide) groups is 1. The number of amides is 1. The Morgan fingerprint density at radius 1 is 1.17 bits per heavy atom. The van der Waals surface area contributed by atoms with Gasteiger partial charge in [-0.15, -0.1) is 0 Å². The maximum absolute atomic E-state index is 12.8. The molecule has 0 atom stereocenters. The number of carboxylic acids is 1. The molecule has 2 aromatic rings. The number of carboxylic acid groups (broad SMARTS) is 1. The minimum absolute atomic E-state index is 0.0840. The zero-order chi connectivity index (χ0) is 21.1. The second-order valence-corrected chi connectivity index (χ2v) is 8.20. The van der Waals surface area contributed by atoms with Gasteiger partial charge in [-0.3, -0.25) is 9.69 Å². The van der Waals surface area contributed by atoms with E-state index in [-0.39, 0.29) is 11.5 Å². The minimum Gasteiger partial charge on any atom is -0.478 e. The zero-order valence-corrected chi connectivity index (χ0v) is 17.6. The van der Waals surface area contributed by atoms with Crippen molar-refractivity contribution < 1.29 is 14.7 Å². The van der Waals surface area contributed by atoms with Crippen molar-refractivity contribution in [3.05, 3.63) is 64.6 Å². The van der Waals surface area contributed by atoms with Crippen LogP contribution < -0.4 is 4.90 Å². The van der Waals surface area contributed by atoms with Crippen LogP contribution in [-0.4, -0.2) is 46.7 Å². The number of hydrogen-bond acceptors (Lipinski definition) is 5. The molecule has 1 amide bonds. The summed E-state index contributed by atoms with van der Waals surface area (Å²) in [5.74, 6) is -1.09. The lowest BCUT2D eigenvalue weighted by atomic mass is 10.2. The van der Waals surface area contributed by atoms with Crippen LogP contribution in [0, 0.1) is 0 Å². The average molecular weight is 422 g/mol. The van der Waals surface area contributed by atoms with E-state index in [1.165, 1.54) is 42.4 Å². The first-order valence-electron chi connectivity index (χ1n) is 10.0. The van der Waals surface area contributed by atoms with Crippen LogP contribution in [-0.2, 0) is 4.79 Å². The lowest BCUT2D eigenvalue weighted by Gasteiger charge is -2.17. The molecule has 1 N–H and O–H groups in total. The number of aromatic carboxylic acids is 1. The van der Waals surface area contributed by atoms with Gasteiger partial charge in [-0.1, -0.05) is 18.2 Å². The fraction of sp³-hybridized carbons (Fsp3) is 0.261. The van der Waals surface area contributed by atoms with Crippen molar-refractivity contribution in [2.75, 3.05) is 24.5 Å². The van der Waals surface area contributed by atoms with E-state index in [9.17, 15) is 14.7 Å². The predicted molar refractivity (Wildman–Crippen MR) is 121 cm³/mol. The van der Waals surface area contributed by atoms with Crippen LogP contribution in [0.5, 0.6) is 0 Å². The standard InChI is InChI=1S/C23H23N3O3S/c1-2-26-21(27)20(14-16-8-10-19(11-9-16)25-12-3-4-13-25)30-23(26)24-18-7-5-6-17(15-18)22(28)29/h5-11,14-15H,2-4,12-13H2,1H3,(H,28,29)/b20-14-,24-23?. The normalized spacial score (nSPS) is 19.3. The van der Waals surface area contributed by atoms with Gasteiger partial charge in [0.1, 0.15) is 0 Å². The number of aliphatic imine (C=N–C) groups is 1. The molecule has 30 heavy (non-hydrogen) atoms. The van der Waals surface area contributed by atoms with Crippen LogP contribution in [0.2, 0.25) is 0 Å². The summed E-state index contributed by atoms with van der Waals surface area (Å²) in [6.45, 7) is 4.59. The highest BCUT2D eigenvalue weighted by atomic mass is 32.2. The molecule has 4 rings (SSSR count). The SMILES string of the molecule is CCN1C(=O)/C(=C/c2ccc(N3CCCC3)cc2)SC1=Nc1cccc(C(=O)O)c1. The van der Waals surface area contributed by atoms with Gasteiger partial charge in [0.05, 0.1) is 16.2 Å². The lowest BCUT2D eigenvalue weighted by Crippen LogP contribution is -2.28. The molecule has 0 saturated carbocycles. The molecular weight excluding hydrogens is 398 g/mol. The number of carbonyl (C=O) groups excluding carboxylic acids is 1. The third kappa shape index (κ3) is 4.26. The summed E-state index contributed by atoms with van der Waals surface area (Å²) in [6.07, 6.45) is 4.36. The molecule has 6 nitrogen and oxygen atoms in total. The highest BCUT2D eigenvalue weighted by Gasteiger charge is 2.32. The van der Waals surface area contributed by atoms with Crippen LogP contribution in [0.1, 0.15) is 35.7 Å². The van der Waals surface area contributed by atoms with Crippen molar-refractivity contribution in [1.82, 2.24) is 4.90 Å². The summed E-state index contributed by atoms with van der Waals surface area (Å²) in [5, 5.41) is 9.74. The first kappa shape index (κ1) is 20.2. The number of nitrogens with zero attached hydrogens (tertiary/aromatic N) is 3. The molecule has 0 aliphatic carbocycles. The molecule has 7 heteroatoms. The third-order valence-corrected chi connectivity index (χ3v) is 6.19. The van der Waals surface area contributed by atoms with Crippen molar-refractivity contribution in [3.8, 4) is 0 Å². The summed E-state index contributed by atoms with van der Waals surface area (Å²) in [5.41, 5.74) is 2.87. The quantitative estimate of drug-likeness (QED) is 0.714. The number of rotatable bonds is 5. The van der Waals surface area contributed by atoms with Crippen molar-refractivity contribution in [3.63, 3.8) is 0 Å². The van der Waals surface area contributed by atoms with Gasteiger partial charge in [-0.25, -0.2) is 9.79 Å². The zero-order valence-electron chi connectivity index (χ0n) is 16.7. The molecule has 2 aliphatic rings. The number of anilines is 1. The number of carbonyl (C=O) groups is 2. The van der Waals surface area contributed by atoms with Crippen molar-refractivity contribution in [1.29, 1.82) is 0 Å². The summed E-state index contributed by atoms with van der Waals surface area (Å²) in [6, 6.07) is 14.7. The Bertz CT molecular complexity index is 1020. The number of likely N-dealkylation sites (N-methyl/N-ethyl adjacent to an activating group) is 1. The number of amidine groups is 1. The largest absolute Gasteiger partial charge is 0.478 e. The van der Waals surface area contributed by atoms with Gasteiger partial charge >= 0.3 is 5.97 Å². The predicted octanol–water partition coefficient (Wildman–Crippen LogP) is 4.61. The maximum atomic E-state index is 12.8.